The summed E-state index contributed by atoms with van der Waals surface area (Å²) in [6.07, 6.45) is 2.67. The van der Waals surface area contributed by atoms with Crippen molar-refractivity contribution in [3.63, 3.8) is 0 Å². The van der Waals surface area contributed by atoms with Crippen molar-refractivity contribution in [3.8, 4) is 0 Å². The maximum Gasteiger partial charge on any atom is 0.410 e. The number of nitrogens with zero attached hydrogens (tertiary/aromatic N) is 4. The maximum absolute atomic E-state index is 13.0. The predicted octanol–water partition coefficient (Wildman–Crippen LogP) is 5.26. The Hall–Kier alpha value is -2.39. The highest BCUT2D eigenvalue weighted by molar-refractivity contribution is 9.10. The van der Waals surface area contributed by atoms with E-state index in [1.807, 2.05) is 50.8 Å². The maximum atomic E-state index is 13.0. The normalized spacial score (nSPS) is 17.1. The molecule has 0 saturated carbocycles. The number of ether oxygens (including phenoxy) is 2. The summed E-state index contributed by atoms with van der Waals surface area (Å²) in [5.74, 6) is 1.17. The zero-order valence-electron chi connectivity index (χ0n) is 19.7. The highest BCUT2D eigenvalue weighted by Gasteiger charge is 2.32. The molecule has 1 aliphatic rings. The number of carbonyl (C=O) groups is 1. The molecule has 3 heterocycles. The van der Waals surface area contributed by atoms with Gasteiger partial charge in [0.1, 0.15) is 23.5 Å². The minimum Gasteiger partial charge on any atom is -0.444 e. The summed E-state index contributed by atoms with van der Waals surface area (Å²) in [5, 5.41) is 0.970. The van der Waals surface area contributed by atoms with Gasteiger partial charge in [-0.1, -0.05) is 15.9 Å². The summed E-state index contributed by atoms with van der Waals surface area (Å²) in [5.41, 5.74) is 8.19. The lowest BCUT2D eigenvalue weighted by Gasteiger charge is -2.37. The monoisotopic (exact) mass is 517 g/mol. The number of halogens is 1. The van der Waals surface area contributed by atoms with Crippen LogP contribution in [0.5, 0.6) is 0 Å². The molecule has 0 radical (unpaired) electrons. The third kappa shape index (κ3) is 5.09. The SMILES string of the molecule is CCOCc1nc2c(N)nc3cc(Br)ccc3c2n1CC1CCCCN1C(=O)OC(C)(C)C. The Labute approximate surface area is 202 Å². The molecule has 1 saturated heterocycles. The average Bonchev–Trinajstić information content (AvgIpc) is 3.10. The predicted molar refractivity (Wildman–Crippen MR) is 133 cm³/mol. The Bertz CT molecular complexity index is 1170. The van der Waals surface area contributed by atoms with Gasteiger partial charge in [0.25, 0.3) is 0 Å². The van der Waals surface area contributed by atoms with E-state index < -0.39 is 5.60 Å². The molecule has 0 aliphatic carbocycles. The van der Waals surface area contributed by atoms with Gasteiger partial charge < -0.3 is 24.7 Å². The number of anilines is 1. The smallest absolute Gasteiger partial charge is 0.410 e. The van der Waals surface area contributed by atoms with E-state index in [0.29, 0.717) is 37.6 Å². The molecule has 2 N–H and O–H groups in total. The van der Waals surface area contributed by atoms with Crippen LogP contribution in [0.3, 0.4) is 0 Å². The lowest BCUT2D eigenvalue weighted by molar-refractivity contribution is 0.00764. The number of carbonyl (C=O) groups excluding carboxylic acids is 1. The summed E-state index contributed by atoms with van der Waals surface area (Å²) in [7, 11) is 0. The van der Waals surface area contributed by atoms with Crippen LogP contribution in [0.25, 0.3) is 21.9 Å². The second-order valence-electron chi connectivity index (χ2n) is 9.45. The van der Waals surface area contributed by atoms with E-state index in [0.717, 1.165) is 46.0 Å². The van der Waals surface area contributed by atoms with Gasteiger partial charge >= 0.3 is 6.09 Å². The van der Waals surface area contributed by atoms with Gasteiger partial charge in [-0.25, -0.2) is 14.8 Å². The molecule has 9 heteroatoms. The Morgan fingerprint density at radius 3 is 2.79 bits per heavy atom. The van der Waals surface area contributed by atoms with Gasteiger partial charge in [-0.05, 0) is 65.2 Å². The first-order valence-corrected chi connectivity index (χ1v) is 12.3. The van der Waals surface area contributed by atoms with E-state index in [2.05, 4.69) is 25.5 Å². The Morgan fingerprint density at radius 2 is 2.06 bits per heavy atom. The van der Waals surface area contributed by atoms with Crippen LogP contribution in [0.1, 0.15) is 52.8 Å². The number of nitrogens with two attached hydrogens (primary N) is 1. The largest absolute Gasteiger partial charge is 0.444 e. The molecule has 1 unspecified atom stereocenters. The molecule has 2 aromatic heterocycles. The molecule has 33 heavy (non-hydrogen) atoms. The summed E-state index contributed by atoms with van der Waals surface area (Å²) in [6, 6.07) is 5.97. The zero-order valence-corrected chi connectivity index (χ0v) is 21.3. The van der Waals surface area contributed by atoms with Gasteiger partial charge in [-0.2, -0.15) is 0 Å². The van der Waals surface area contributed by atoms with E-state index in [-0.39, 0.29) is 12.1 Å². The third-order valence-corrected chi connectivity index (χ3v) is 6.32. The molecular weight excluding hydrogens is 486 g/mol. The van der Waals surface area contributed by atoms with Crippen molar-refractivity contribution < 1.29 is 14.3 Å². The van der Waals surface area contributed by atoms with E-state index in [4.69, 9.17) is 20.2 Å². The number of pyridine rings is 1. The average molecular weight is 518 g/mol. The van der Waals surface area contributed by atoms with E-state index >= 15 is 0 Å². The van der Waals surface area contributed by atoms with Crippen LogP contribution >= 0.6 is 15.9 Å². The second-order valence-corrected chi connectivity index (χ2v) is 10.4. The van der Waals surface area contributed by atoms with Crippen LogP contribution in [0.15, 0.2) is 22.7 Å². The van der Waals surface area contributed by atoms with Crippen LogP contribution in [0.2, 0.25) is 0 Å². The first kappa shape index (κ1) is 23.8. The quantitative estimate of drug-likeness (QED) is 0.496. The minimum absolute atomic E-state index is 0.00809. The topological polar surface area (TPSA) is 95.5 Å². The third-order valence-electron chi connectivity index (χ3n) is 5.83. The van der Waals surface area contributed by atoms with Crippen molar-refractivity contribution in [3.05, 3.63) is 28.5 Å². The number of imidazole rings is 1. The zero-order chi connectivity index (χ0) is 23.8. The van der Waals surface area contributed by atoms with Crippen molar-refractivity contribution in [2.24, 2.45) is 0 Å². The number of likely N-dealkylation sites (tertiary alicyclic amines) is 1. The fourth-order valence-electron chi connectivity index (χ4n) is 4.39. The Balaban J connectivity index is 1.80. The van der Waals surface area contributed by atoms with Crippen LogP contribution < -0.4 is 5.73 Å². The van der Waals surface area contributed by atoms with Crippen molar-refractivity contribution in [2.45, 2.75) is 71.8 Å². The van der Waals surface area contributed by atoms with Crippen LogP contribution in [0, 0.1) is 0 Å². The summed E-state index contributed by atoms with van der Waals surface area (Å²) >= 11 is 3.52. The van der Waals surface area contributed by atoms with Gasteiger partial charge in [0.15, 0.2) is 5.82 Å². The molecule has 0 spiro atoms. The highest BCUT2D eigenvalue weighted by Crippen LogP contribution is 2.32. The molecule has 1 atom stereocenters. The van der Waals surface area contributed by atoms with E-state index in [1.165, 1.54) is 0 Å². The van der Waals surface area contributed by atoms with Crippen LogP contribution in [0.4, 0.5) is 10.6 Å². The Kier molecular flexibility index (Phi) is 6.81. The molecule has 8 nitrogen and oxygen atoms in total. The molecule has 178 valence electrons. The first-order chi connectivity index (χ1) is 15.7. The fraction of sp³-hybridized carbons (Fsp3) is 0.542. The van der Waals surface area contributed by atoms with E-state index in [9.17, 15) is 4.79 Å². The highest BCUT2D eigenvalue weighted by atomic mass is 79.9. The van der Waals surface area contributed by atoms with Crippen molar-refractivity contribution >= 4 is 49.8 Å². The molecule has 3 aromatic rings. The lowest BCUT2D eigenvalue weighted by atomic mass is 10.0. The molecule has 1 amide bonds. The molecular formula is C24H32BrN5O3. The van der Waals surface area contributed by atoms with Crippen molar-refractivity contribution in [1.29, 1.82) is 0 Å². The van der Waals surface area contributed by atoms with Gasteiger partial charge in [0.05, 0.1) is 17.1 Å². The first-order valence-electron chi connectivity index (χ1n) is 11.5. The summed E-state index contributed by atoms with van der Waals surface area (Å²) < 4.78 is 14.5. The van der Waals surface area contributed by atoms with E-state index in [1.54, 1.807) is 0 Å². The molecule has 1 aliphatic heterocycles. The summed E-state index contributed by atoms with van der Waals surface area (Å²) in [6.45, 7) is 9.87. The Morgan fingerprint density at radius 1 is 1.27 bits per heavy atom. The number of fused-ring (bicyclic) bond motifs is 3. The fourth-order valence-corrected chi connectivity index (χ4v) is 4.74. The van der Waals surface area contributed by atoms with Gasteiger partial charge in [-0.3, -0.25) is 0 Å². The van der Waals surface area contributed by atoms with Gasteiger partial charge in [-0.15, -0.1) is 0 Å². The number of nitrogen functional groups attached to an aromatic ring is 1. The summed E-state index contributed by atoms with van der Waals surface area (Å²) in [4.78, 5) is 24.3. The molecule has 0 bridgehead atoms. The number of benzene rings is 1. The molecule has 1 aromatic carbocycles. The van der Waals surface area contributed by atoms with Crippen molar-refractivity contribution in [2.75, 3.05) is 18.9 Å². The standard InChI is InChI=1S/C24H32BrN5O3/c1-5-32-14-19-28-20-21(17-10-9-15(25)12-18(17)27-22(20)26)30(19)13-16-8-6-7-11-29(16)23(31)33-24(2,3)4/h9-10,12,16H,5-8,11,13-14H2,1-4H3,(H2,26,27). The van der Waals surface area contributed by atoms with Crippen LogP contribution in [-0.4, -0.2) is 50.3 Å². The number of hydrogen-bond acceptors (Lipinski definition) is 6. The minimum atomic E-state index is -0.537. The van der Waals surface area contributed by atoms with Crippen molar-refractivity contribution in [1.82, 2.24) is 19.4 Å². The number of piperidine rings is 1. The molecule has 1 fully saturated rings. The number of aromatic nitrogens is 3. The lowest BCUT2D eigenvalue weighted by Crippen LogP contribution is -2.48. The van der Waals surface area contributed by atoms with Gasteiger partial charge in [0.2, 0.25) is 0 Å². The number of hydrogen-bond donors (Lipinski definition) is 1. The molecule has 4 rings (SSSR count). The second kappa shape index (κ2) is 9.46. The number of amides is 1. The number of rotatable bonds is 5. The van der Waals surface area contributed by atoms with Gasteiger partial charge in [0, 0.05) is 29.6 Å². The van der Waals surface area contributed by atoms with Crippen LogP contribution in [-0.2, 0) is 22.6 Å².